The van der Waals surface area contributed by atoms with Crippen LogP contribution in [0.15, 0.2) is 18.2 Å². The Morgan fingerprint density at radius 1 is 1.41 bits per heavy atom. The van der Waals surface area contributed by atoms with Gasteiger partial charge < -0.3 is 15.4 Å². The Morgan fingerprint density at radius 3 is 2.73 bits per heavy atom. The first-order chi connectivity index (χ1) is 10.3. The van der Waals surface area contributed by atoms with Gasteiger partial charge in [-0.15, -0.1) is 0 Å². The summed E-state index contributed by atoms with van der Waals surface area (Å²) in [6, 6.07) is 3.64. The number of hydrogen-bond donors (Lipinski definition) is 1. The molecule has 1 unspecified atom stereocenters. The van der Waals surface area contributed by atoms with Crippen molar-refractivity contribution < 1.29 is 22.7 Å². The number of rotatable bonds is 3. The Bertz CT molecular complexity index is 546. The van der Waals surface area contributed by atoms with Gasteiger partial charge in [0.05, 0.1) is 23.9 Å². The second-order valence-corrected chi connectivity index (χ2v) is 5.20. The number of nitrogens with zero attached hydrogens (tertiary/aromatic N) is 1. The minimum Gasteiger partial charge on any atom is -0.462 e. The van der Waals surface area contributed by atoms with Crippen LogP contribution in [0.4, 0.5) is 18.9 Å². The lowest BCUT2D eigenvalue weighted by Crippen LogP contribution is -2.45. The molecule has 1 aromatic carbocycles. The Hall–Kier alpha value is -1.76. The summed E-state index contributed by atoms with van der Waals surface area (Å²) >= 11 is 0. The maximum atomic E-state index is 13.2. The lowest BCUT2D eigenvalue weighted by Gasteiger charge is -2.35. The summed E-state index contributed by atoms with van der Waals surface area (Å²) in [6.45, 7) is 2.18. The molecule has 0 amide bonds. The van der Waals surface area contributed by atoms with Gasteiger partial charge >= 0.3 is 12.1 Å². The zero-order chi connectivity index (χ0) is 16.3. The van der Waals surface area contributed by atoms with E-state index in [1.807, 2.05) is 0 Å². The van der Waals surface area contributed by atoms with E-state index in [4.69, 9.17) is 10.5 Å². The largest absolute Gasteiger partial charge is 0.462 e. The van der Waals surface area contributed by atoms with Gasteiger partial charge in [-0.1, -0.05) is 0 Å². The molecule has 0 aliphatic carbocycles. The molecular weight excluding hydrogens is 297 g/mol. The van der Waals surface area contributed by atoms with Crippen LogP contribution in [0, 0.1) is 0 Å². The summed E-state index contributed by atoms with van der Waals surface area (Å²) in [5, 5.41) is 0. The molecule has 0 aromatic heterocycles. The number of alkyl halides is 3. The van der Waals surface area contributed by atoms with E-state index >= 15 is 0 Å². The van der Waals surface area contributed by atoms with Crippen LogP contribution in [0.5, 0.6) is 0 Å². The van der Waals surface area contributed by atoms with E-state index < -0.39 is 23.3 Å². The van der Waals surface area contributed by atoms with Crippen LogP contribution in [0.1, 0.15) is 42.1 Å². The first-order valence-electron chi connectivity index (χ1n) is 7.25. The Balaban J connectivity index is 2.41. The third-order valence-electron chi connectivity index (χ3n) is 3.68. The van der Waals surface area contributed by atoms with Crippen molar-refractivity contribution in [3.63, 3.8) is 0 Å². The topological polar surface area (TPSA) is 55.6 Å². The number of nitrogens with two attached hydrogens (primary N) is 1. The van der Waals surface area contributed by atoms with E-state index in [0.717, 1.165) is 31.4 Å². The Labute approximate surface area is 127 Å². The number of hydrogen-bond acceptors (Lipinski definition) is 4. The highest BCUT2D eigenvalue weighted by Gasteiger charge is 2.36. The average molecular weight is 316 g/mol. The van der Waals surface area contributed by atoms with Gasteiger partial charge in [-0.3, -0.25) is 0 Å². The predicted octanol–water partition coefficient (Wildman–Crippen LogP) is 3.16. The molecule has 22 heavy (non-hydrogen) atoms. The third-order valence-corrected chi connectivity index (χ3v) is 3.68. The summed E-state index contributed by atoms with van der Waals surface area (Å²) in [4.78, 5) is 13.4. The fourth-order valence-electron chi connectivity index (χ4n) is 2.61. The van der Waals surface area contributed by atoms with Crippen molar-refractivity contribution in [1.82, 2.24) is 0 Å². The number of carbonyl (C=O) groups is 1. The lowest BCUT2D eigenvalue weighted by molar-refractivity contribution is -0.138. The molecular formula is C15H19F3N2O2. The zero-order valence-corrected chi connectivity index (χ0v) is 12.3. The molecule has 1 saturated heterocycles. The number of ether oxygens (including phenoxy) is 1. The fourth-order valence-corrected chi connectivity index (χ4v) is 2.61. The fraction of sp³-hybridized carbons (Fsp3) is 0.533. The number of benzene rings is 1. The molecule has 7 heteroatoms. The summed E-state index contributed by atoms with van der Waals surface area (Å²) in [6.07, 6.45) is -2.35. The van der Waals surface area contributed by atoms with Crippen LogP contribution in [0.25, 0.3) is 0 Å². The van der Waals surface area contributed by atoms with Gasteiger partial charge in [0.15, 0.2) is 0 Å². The Morgan fingerprint density at radius 2 is 2.14 bits per heavy atom. The van der Waals surface area contributed by atoms with E-state index in [-0.39, 0.29) is 12.8 Å². The summed E-state index contributed by atoms with van der Waals surface area (Å²) in [5.41, 5.74) is 4.90. The number of esters is 1. The molecule has 1 atom stereocenters. The molecule has 0 spiro atoms. The number of carbonyl (C=O) groups excluding carboxylic acids is 1. The first kappa shape index (κ1) is 16.6. The monoisotopic (exact) mass is 316 g/mol. The van der Waals surface area contributed by atoms with E-state index in [2.05, 4.69) is 0 Å². The van der Waals surface area contributed by atoms with Crippen LogP contribution in [-0.2, 0) is 10.9 Å². The van der Waals surface area contributed by atoms with Crippen LogP contribution in [0.2, 0.25) is 0 Å². The SMILES string of the molecule is CCOC(=O)c1ccc(N2CCCCC2N)cc1C(F)(F)F. The highest BCUT2D eigenvalue weighted by Crippen LogP contribution is 2.36. The summed E-state index contributed by atoms with van der Waals surface area (Å²) in [7, 11) is 0. The summed E-state index contributed by atoms with van der Waals surface area (Å²) in [5.74, 6) is -0.968. The molecule has 1 heterocycles. The molecule has 0 bridgehead atoms. The molecule has 4 nitrogen and oxygen atoms in total. The minimum absolute atomic E-state index is 0.0227. The minimum atomic E-state index is -4.63. The van der Waals surface area contributed by atoms with Crippen LogP contribution >= 0.6 is 0 Å². The van der Waals surface area contributed by atoms with Crippen LogP contribution in [0.3, 0.4) is 0 Å². The molecule has 1 aliphatic heterocycles. The van der Waals surface area contributed by atoms with Crippen molar-refractivity contribution in [3.05, 3.63) is 29.3 Å². The molecule has 1 fully saturated rings. The van der Waals surface area contributed by atoms with Crippen molar-refractivity contribution in [3.8, 4) is 0 Å². The number of piperidine rings is 1. The van der Waals surface area contributed by atoms with Crippen molar-refractivity contribution >= 4 is 11.7 Å². The van der Waals surface area contributed by atoms with E-state index in [9.17, 15) is 18.0 Å². The van der Waals surface area contributed by atoms with Crippen molar-refractivity contribution in [2.24, 2.45) is 5.73 Å². The zero-order valence-electron chi connectivity index (χ0n) is 12.3. The van der Waals surface area contributed by atoms with Crippen LogP contribution < -0.4 is 10.6 Å². The van der Waals surface area contributed by atoms with E-state index in [1.54, 1.807) is 11.8 Å². The molecule has 2 rings (SSSR count). The molecule has 122 valence electrons. The van der Waals surface area contributed by atoms with Gasteiger partial charge in [-0.25, -0.2) is 4.79 Å². The smallest absolute Gasteiger partial charge is 0.417 e. The maximum Gasteiger partial charge on any atom is 0.417 e. The highest BCUT2D eigenvalue weighted by atomic mass is 19.4. The van der Waals surface area contributed by atoms with Crippen molar-refractivity contribution in [1.29, 1.82) is 0 Å². The number of anilines is 1. The average Bonchev–Trinajstić information content (AvgIpc) is 2.46. The van der Waals surface area contributed by atoms with E-state index in [1.165, 1.54) is 6.07 Å². The van der Waals surface area contributed by atoms with Gasteiger partial charge in [-0.05, 0) is 44.4 Å². The van der Waals surface area contributed by atoms with Gasteiger partial charge in [0.2, 0.25) is 0 Å². The van der Waals surface area contributed by atoms with Crippen molar-refractivity contribution in [2.75, 3.05) is 18.1 Å². The molecule has 0 saturated carbocycles. The molecule has 0 radical (unpaired) electrons. The predicted molar refractivity (Wildman–Crippen MR) is 76.6 cm³/mol. The quantitative estimate of drug-likeness (QED) is 0.870. The third kappa shape index (κ3) is 3.52. The lowest BCUT2D eigenvalue weighted by atomic mass is 10.0. The number of halogens is 3. The molecule has 2 N–H and O–H groups in total. The van der Waals surface area contributed by atoms with Gasteiger partial charge in [0.25, 0.3) is 0 Å². The second kappa shape index (κ2) is 6.56. The Kier molecular flexibility index (Phi) is 4.95. The van der Waals surface area contributed by atoms with E-state index in [0.29, 0.717) is 12.2 Å². The van der Waals surface area contributed by atoms with Gasteiger partial charge in [0, 0.05) is 12.2 Å². The van der Waals surface area contributed by atoms with Crippen molar-refractivity contribution in [2.45, 2.75) is 38.5 Å². The standard InChI is InChI=1S/C15H19F3N2O2/c1-2-22-14(21)11-7-6-10(9-12(11)15(16,17)18)20-8-4-3-5-13(20)19/h6-7,9,13H,2-5,8,19H2,1H3. The summed E-state index contributed by atoms with van der Waals surface area (Å²) < 4.78 is 44.4. The second-order valence-electron chi connectivity index (χ2n) is 5.20. The van der Waals surface area contributed by atoms with Crippen LogP contribution in [-0.4, -0.2) is 25.3 Å². The highest BCUT2D eigenvalue weighted by molar-refractivity contribution is 5.92. The van der Waals surface area contributed by atoms with Gasteiger partial charge in [-0.2, -0.15) is 13.2 Å². The first-order valence-corrected chi connectivity index (χ1v) is 7.25. The normalized spacial score (nSPS) is 19.1. The van der Waals surface area contributed by atoms with Gasteiger partial charge in [0.1, 0.15) is 0 Å². The maximum absolute atomic E-state index is 13.2. The molecule has 1 aliphatic rings. The molecule has 1 aromatic rings.